The minimum atomic E-state index is 0.453. The minimum Gasteiger partial charge on any atom is -0.445 e. The van der Waals surface area contributed by atoms with Crippen molar-refractivity contribution in [3.05, 3.63) is 36.7 Å². The first-order valence-electron chi connectivity index (χ1n) is 9.38. The van der Waals surface area contributed by atoms with E-state index in [1.807, 2.05) is 6.07 Å². The van der Waals surface area contributed by atoms with Gasteiger partial charge in [0.25, 0.3) is 0 Å². The van der Waals surface area contributed by atoms with Gasteiger partial charge in [0.2, 0.25) is 5.89 Å². The number of hydrogen-bond acceptors (Lipinski definition) is 5. The summed E-state index contributed by atoms with van der Waals surface area (Å²) in [6.07, 6.45) is 7.35. The maximum absolute atomic E-state index is 5.79. The number of aromatic nitrogens is 1. The number of piperidine rings is 1. The summed E-state index contributed by atoms with van der Waals surface area (Å²) in [6, 6.07) is 8.83. The predicted octanol–water partition coefficient (Wildman–Crippen LogP) is 3.64. The Morgan fingerprint density at radius 1 is 1.32 bits per heavy atom. The third-order valence-electron chi connectivity index (χ3n) is 5.37. The second kappa shape index (κ2) is 7.58. The van der Waals surface area contributed by atoms with Crippen LogP contribution in [-0.4, -0.2) is 48.3 Å². The van der Waals surface area contributed by atoms with E-state index in [4.69, 9.17) is 9.15 Å². The van der Waals surface area contributed by atoms with E-state index >= 15 is 0 Å². The SMILES string of the molecule is C[C@@H]1CN(C[C@@H]2CCCO2)CC[C@H]1Nc1cccc(-c2ncco2)c1. The lowest BCUT2D eigenvalue weighted by atomic mass is 9.93. The Kier molecular flexibility index (Phi) is 5.04. The van der Waals surface area contributed by atoms with Gasteiger partial charge in [0.1, 0.15) is 6.26 Å². The fourth-order valence-corrected chi connectivity index (χ4v) is 4.01. The average molecular weight is 341 g/mol. The van der Waals surface area contributed by atoms with Gasteiger partial charge >= 0.3 is 0 Å². The summed E-state index contributed by atoms with van der Waals surface area (Å²) >= 11 is 0. The van der Waals surface area contributed by atoms with E-state index in [0.29, 0.717) is 24.0 Å². The van der Waals surface area contributed by atoms with Crippen LogP contribution in [0, 0.1) is 5.92 Å². The Morgan fingerprint density at radius 3 is 3.04 bits per heavy atom. The van der Waals surface area contributed by atoms with Crippen molar-refractivity contribution < 1.29 is 9.15 Å². The number of nitrogens with one attached hydrogen (secondary N) is 1. The first-order chi connectivity index (χ1) is 12.3. The summed E-state index contributed by atoms with van der Waals surface area (Å²) in [7, 11) is 0. The summed E-state index contributed by atoms with van der Waals surface area (Å²) in [5.74, 6) is 1.28. The summed E-state index contributed by atoms with van der Waals surface area (Å²) in [5, 5.41) is 3.72. The molecule has 0 unspecified atom stereocenters. The molecule has 1 aromatic carbocycles. The number of benzene rings is 1. The highest BCUT2D eigenvalue weighted by atomic mass is 16.5. The Labute approximate surface area is 149 Å². The summed E-state index contributed by atoms with van der Waals surface area (Å²) < 4.78 is 11.2. The number of anilines is 1. The Balaban J connectivity index is 1.35. The molecule has 0 amide bonds. The molecule has 1 aromatic heterocycles. The van der Waals surface area contributed by atoms with E-state index in [-0.39, 0.29) is 0 Å². The van der Waals surface area contributed by atoms with Crippen molar-refractivity contribution in [3.63, 3.8) is 0 Å². The third kappa shape index (κ3) is 4.05. The molecule has 3 heterocycles. The number of hydrogen-bond donors (Lipinski definition) is 1. The quantitative estimate of drug-likeness (QED) is 0.900. The summed E-state index contributed by atoms with van der Waals surface area (Å²) in [5.41, 5.74) is 2.15. The molecule has 5 nitrogen and oxygen atoms in total. The van der Waals surface area contributed by atoms with Crippen molar-refractivity contribution in [3.8, 4) is 11.5 Å². The van der Waals surface area contributed by atoms with Crippen molar-refractivity contribution in [2.75, 3.05) is 31.6 Å². The molecule has 0 bridgehead atoms. The molecule has 0 spiro atoms. The molecule has 0 aliphatic carbocycles. The molecule has 2 saturated heterocycles. The topological polar surface area (TPSA) is 50.5 Å². The van der Waals surface area contributed by atoms with E-state index in [9.17, 15) is 0 Å². The van der Waals surface area contributed by atoms with Crippen LogP contribution in [0.25, 0.3) is 11.5 Å². The normalized spacial score (nSPS) is 27.5. The first-order valence-corrected chi connectivity index (χ1v) is 9.38. The first kappa shape index (κ1) is 16.6. The van der Waals surface area contributed by atoms with Crippen molar-refractivity contribution >= 4 is 5.69 Å². The number of nitrogens with zero attached hydrogens (tertiary/aromatic N) is 2. The van der Waals surface area contributed by atoms with Crippen molar-refractivity contribution in [2.45, 2.75) is 38.3 Å². The van der Waals surface area contributed by atoms with Crippen LogP contribution in [0.3, 0.4) is 0 Å². The molecule has 3 atom stereocenters. The Morgan fingerprint density at radius 2 is 2.28 bits per heavy atom. The molecular formula is C20H27N3O2. The second-order valence-electron chi connectivity index (χ2n) is 7.33. The van der Waals surface area contributed by atoms with Crippen LogP contribution in [0.5, 0.6) is 0 Å². The molecule has 5 heteroatoms. The maximum Gasteiger partial charge on any atom is 0.225 e. The van der Waals surface area contributed by atoms with Gasteiger partial charge in [-0.3, -0.25) is 0 Å². The molecule has 0 saturated carbocycles. The minimum absolute atomic E-state index is 0.453. The smallest absolute Gasteiger partial charge is 0.225 e. The third-order valence-corrected chi connectivity index (χ3v) is 5.37. The molecule has 2 fully saturated rings. The fraction of sp³-hybridized carbons (Fsp3) is 0.550. The van der Waals surface area contributed by atoms with Crippen LogP contribution < -0.4 is 5.32 Å². The number of rotatable bonds is 5. The van der Waals surface area contributed by atoms with E-state index in [1.165, 1.54) is 12.8 Å². The van der Waals surface area contributed by atoms with E-state index in [1.54, 1.807) is 12.5 Å². The Hall–Kier alpha value is -1.85. The van der Waals surface area contributed by atoms with Crippen LogP contribution >= 0.6 is 0 Å². The van der Waals surface area contributed by atoms with E-state index < -0.39 is 0 Å². The van der Waals surface area contributed by atoms with Gasteiger partial charge < -0.3 is 19.4 Å². The van der Waals surface area contributed by atoms with Crippen LogP contribution in [0.4, 0.5) is 5.69 Å². The monoisotopic (exact) mass is 341 g/mol. The highest BCUT2D eigenvalue weighted by Crippen LogP contribution is 2.26. The predicted molar refractivity (Wildman–Crippen MR) is 98.5 cm³/mol. The highest BCUT2D eigenvalue weighted by Gasteiger charge is 2.28. The lowest BCUT2D eigenvalue weighted by molar-refractivity contribution is 0.0563. The van der Waals surface area contributed by atoms with E-state index in [2.05, 4.69) is 40.3 Å². The van der Waals surface area contributed by atoms with Crippen molar-refractivity contribution in [2.24, 2.45) is 5.92 Å². The molecule has 4 rings (SSSR count). The Bertz CT molecular complexity index is 667. The van der Waals surface area contributed by atoms with Crippen LogP contribution in [-0.2, 0) is 4.74 Å². The molecule has 2 aromatic rings. The molecular weight excluding hydrogens is 314 g/mol. The molecule has 25 heavy (non-hydrogen) atoms. The molecule has 134 valence electrons. The van der Waals surface area contributed by atoms with Gasteiger partial charge in [-0.25, -0.2) is 4.98 Å². The molecule has 2 aliphatic rings. The fourth-order valence-electron chi connectivity index (χ4n) is 4.01. The average Bonchev–Trinajstić information content (AvgIpc) is 3.31. The summed E-state index contributed by atoms with van der Waals surface area (Å²) in [4.78, 5) is 6.81. The van der Waals surface area contributed by atoms with Gasteiger partial charge in [-0.05, 0) is 43.4 Å². The molecule has 1 N–H and O–H groups in total. The largest absolute Gasteiger partial charge is 0.445 e. The summed E-state index contributed by atoms with van der Waals surface area (Å²) in [6.45, 7) is 6.66. The van der Waals surface area contributed by atoms with Crippen LogP contribution in [0.1, 0.15) is 26.2 Å². The standard InChI is InChI=1S/C20H27N3O2/c1-15-13-23(14-18-6-3-10-24-18)9-7-19(15)22-17-5-2-4-16(12-17)20-21-8-11-25-20/h2,4-5,8,11-12,15,18-19,22H,3,6-7,9-10,13-14H2,1H3/t15-,18+,19-/m1/s1. The zero-order valence-electron chi connectivity index (χ0n) is 14.9. The molecule has 2 aliphatic heterocycles. The zero-order valence-corrected chi connectivity index (χ0v) is 14.9. The van der Waals surface area contributed by atoms with Gasteiger partial charge in [-0.15, -0.1) is 0 Å². The van der Waals surface area contributed by atoms with Gasteiger partial charge in [-0.2, -0.15) is 0 Å². The van der Waals surface area contributed by atoms with E-state index in [0.717, 1.165) is 43.9 Å². The maximum atomic E-state index is 5.79. The number of ether oxygens (including phenoxy) is 1. The zero-order chi connectivity index (χ0) is 17.1. The van der Waals surface area contributed by atoms with Gasteiger partial charge in [0.05, 0.1) is 12.3 Å². The van der Waals surface area contributed by atoms with Crippen LogP contribution in [0.15, 0.2) is 41.1 Å². The number of likely N-dealkylation sites (tertiary alicyclic amines) is 1. The van der Waals surface area contributed by atoms with Crippen molar-refractivity contribution in [1.29, 1.82) is 0 Å². The van der Waals surface area contributed by atoms with Gasteiger partial charge in [-0.1, -0.05) is 13.0 Å². The number of oxazole rings is 1. The van der Waals surface area contributed by atoms with Gasteiger partial charge in [0.15, 0.2) is 0 Å². The van der Waals surface area contributed by atoms with Crippen molar-refractivity contribution in [1.82, 2.24) is 9.88 Å². The second-order valence-corrected chi connectivity index (χ2v) is 7.33. The highest BCUT2D eigenvalue weighted by molar-refractivity contribution is 5.61. The lowest BCUT2D eigenvalue weighted by Crippen LogP contribution is -2.47. The lowest BCUT2D eigenvalue weighted by Gasteiger charge is -2.38. The molecule has 0 radical (unpaired) electrons. The van der Waals surface area contributed by atoms with Gasteiger partial charge in [0, 0.05) is 43.5 Å². The van der Waals surface area contributed by atoms with Crippen LogP contribution in [0.2, 0.25) is 0 Å².